The number of rotatable bonds is 5. The molecule has 26 heavy (non-hydrogen) atoms. The number of hydrogen-bond donors (Lipinski definition) is 1. The molecule has 0 radical (unpaired) electrons. The van der Waals surface area contributed by atoms with E-state index in [9.17, 15) is 9.90 Å². The Kier molecular flexibility index (Phi) is 5.13. The average molecular weight is 373 g/mol. The van der Waals surface area contributed by atoms with Gasteiger partial charge in [-0.15, -0.1) is 4.68 Å². The Morgan fingerprint density at radius 2 is 2.15 bits per heavy atom. The van der Waals surface area contributed by atoms with Crippen molar-refractivity contribution < 1.29 is 14.6 Å². The number of fused-ring (bicyclic) bond motifs is 1. The molecule has 1 amide bonds. The highest BCUT2D eigenvalue weighted by Crippen LogP contribution is 2.20. The summed E-state index contributed by atoms with van der Waals surface area (Å²) < 4.78 is 2.71. The number of nitrogens with zero attached hydrogens (tertiary/aromatic N) is 5. The quantitative estimate of drug-likeness (QED) is 0.406. The maximum atomic E-state index is 12.6. The zero-order valence-corrected chi connectivity index (χ0v) is 15.1. The predicted molar refractivity (Wildman–Crippen MR) is 93.9 cm³/mol. The lowest BCUT2D eigenvalue weighted by Crippen LogP contribution is -2.44. The fraction of sp³-hybridized carbons (Fsp3) is 0.235. The second kappa shape index (κ2) is 7.49. The van der Waals surface area contributed by atoms with Crippen LogP contribution in [-0.2, 0) is 17.8 Å². The third kappa shape index (κ3) is 3.65. The van der Waals surface area contributed by atoms with Gasteiger partial charge in [-0.25, -0.2) is 5.43 Å². The maximum absolute atomic E-state index is 12.6. The average Bonchev–Trinajstić information content (AvgIpc) is 2.99. The summed E-state index contributed by atoms with van der Waals surface area (Å²) in [4.78, 5) is 12.1. The first-order valence-electron chi connectivity index (χ1n) is 8.01. The Bertz CT molecular complexity index is 981. The van der Waals surface area contributed by atoms with Gasteiger partial charge < -0.3 is 5.11 Å². The van der Waals surface area contributed by atoms with E-state index < -0.39 is 5.91 Å². The van der Waals surface area contributed by atoms with Crippen molar-refractivity contribution >= 4 is 29.4 Å². The molecule has 0 atom stereocenters. The van der Waals surface area contributed by atoms with Gasteiger partial charge in [-0.1, -0.05) is 40.3 Å². The number of amides is 1. The van der Waals surface area contributed by atoms with E-state index in [0.29, 0.717) is 22.7 Å². The lowest BCUT2D eigenvalue weighted by molar-refractivity contribution is -0.717. The summed E-state index contributed by atoms with van der Waals surface area (Å²) in [6, 6.07) is 7.01. The molecule has 0 unspecified atom stereocenters. The summed E-state index contributed by atoms with van der Waals surface area (Å²) >= 11 is 5.81. The molecule has 1 N–H and O–H groups in total. The van der Waals surface area contributed by atoms with Crippen LogP contribution in [0.5, 0.6) is 5.75 Å². The van der Waals surface area contributed by atoms with Crippen LogP contribution < -0.4 is 15.2 Å². The van der Waals surface area contributed by atoms with Gasteiger partial charge in [0.1, 0.15) is 0 Å². The van der Waals surface area contributed by atoms with Gasteiger partial charge in [-0.2, -0.15) is 5.10 Å². The van der Waals surface area contributed by atoms with Crippen LogP contribution >= 0.6 is 11.6 Å². The van der Waals surface area contributed by atoms with Crippen LogP contribution in [0.1, 0.15) is 23.7 Å². The first-order chi connectivity index (χ1) is 12.5. The van der Waals surface area contributed by atoms with E-state index in [2.05, 4.69) is 20.7 Å². The van der Waals surface area contributed by atoms with Gasteiger partial charge in [0, 0.05) is 5.02 Å². The fourth-order valence-corrected chi connectivity index (χ4v) is 2.71. The molecule has 0 aliphatic carbocycles. The summed E-state index contributed by atoms with van der Waals surface area (Å²) in [5.41, 5.74) is 4.74. The summed E-state index contributed by atoms with van der Waals surface area (Å²) in [6.07, 6.45) is 3.48. The molecule has 134 valence electrons. The smallest absolute Gasteiger partial charge is 0.322 e. The summed E-state index contributed by atoms with van der Waals surface area (Å²) in [5.74, 6) is -0.575. The minimum atomic E-state index is -0.404. The molecule has 0 aliphatic rings. The van der Waals surface area contributed by atoms with Gasteiger partial charge >= 0.3 is 5.65 Å². The zero-order chi connectivity index (χ0) is 18.7. The molecule has 0 spiro atoms. The van der Waals surface area contributed by atoms with Crippen molar-refractivity contribution in [2.75, 3.05) is 0 Å². The predicted octanol–water partition coefficient (Wildman–Crippen LogP) is 0.765. The zero-order valence-electron chi connectivity index (χ0n) is 14.3. The van der Waals surface area contributed by atoms with E-state index >= 15 is 0 Å². The highest BCUT2D eigenvalue weighted by Gasteiger charge is 2.19. The topological polar surface area (TPSA) is 98.6 Å². The molecule has 0 saturated heterocycles. The Hall–Kier alpha value is -3.00. The van der Waals surface area contributed by atoms with E-state index in [-0.39, 0.29) is 17.9 Å². The number of hydrazone groups is 1. The molecule has 9 heteroatoms. The Labute approximate surface area is 154 Å². The van der Waals surface area contributed by atoms with Crippen molar-refractivity contribution in [3.63, 3.8) is 0 Å². The molecule has 3 rings (SSSR count). The third-order valence-electron chi connectivity index (χ3n) is 3.85. The molecule has 3 aromatic rings. The molecular weight excluding hydrogens is 356 g/mol. The van der Waals surface area contributed by atoms with E-state index in [1.54, 1.807) is 31.2 Å². The van der Waals surface area contributed by atoms with Crippen molar-refractivity contribution in [2.45, 2.75) is 26.8 Å². The fourth-order valence-electron chi connectivity index (χ4n) is 2.59. The molecule has 1 aromatic carbocycles. The normalized spacial score (nSPS) is 11.3. The van der Waals surface area contributed by atoms with Crippen LogP contribution in [-0.4, -0.2) is 26.8 Å². The van der Waals surface area contributed by atoms with Gasteiger partial charge in [-0.05, 0) is 47.5 Å². The molecular formula is C17H17ClN6O2. The number of halogens is 1. The van der Waals surface area contributed by atoms with Crippen LogP contribution in [0.25, 0.3) is 5.65 Å². The van der Waals surface area contributed by atoms with Gasteiger partial charge in [0.2, 0.25) is 0 Å². The van der Waals surface area contributed by atoms with Crippen LogP contribution in [0.4, 0.5) is 0 Å². The van der Waals surface area contributed by atoms with Crippen LogP contribution in [0.2, 0.25) is 5.02 Å². The highest BCUT2D eigenvalue weighted by molar-refractivity contribution is 6.30. The molecule has 0 bridgehead atoms. The first-order valence-corrected chi connectivity index (χ1v) is 8.38. The van der Waals surface area contributed by atoms with Crippen molar-refractivity contribution in [3.05, 3.63) is 52.4 Å². The van der Waals surface area contributed by atoms with Crippen LogP contribution in [0.3, 0.4) is 0 Å². The lowest BCUT2D eigenvalue weighted by Gasteiger charge is -2.11. The Morgan fingerprint density at radius 3 is 2.85 bits per heavy atom. The summed E-state index contributed by atoms with van der Waals surface area (Å²) in [6.45, 7) is 3.53. The SMILES string of the molecule is CCc1c(C)nn2cn[n+](CC(=O)N/N=C/c3ccc(Cl)cc3)c2c1[O-]. The van der Waals surface area contributed by atoms with Crippen molar-refractivity contribution in [2.24, 2.45) is 5.10 Å². The number of carbonyl (C=O) groups is 1. The number of carbonyl (C=O) groups excluding carboxylic acids is 1. The molecule has 8 nitrogen and oxygen atoms in total. The summed E-state index contributed by atoms with van der Waals surface area (Å²) in [5, 5.41) is 25.5. The highest BCUT2D eigenvalue weighted by atomic mass is 35.5. The Balaban J connectivity index is 1.74. The second-order valence-electron chi connectivity index (χ2n) is 5.65. The van der Waals surface area contributed by atoms with Crippen molar-refractivity contribution in [3.8, 4) is 5.75 Å². The van der Waals surface area contributed by atoms with Gasteiger partial charge in [0.25, 0.3) is 12.2 Å². The number of hydrogen-bond acceptors (Lipinski definition) is 5. The number of aromatic nitrogens is 4. The van der Waals surface area contributed by atoms with Gasteiger partial charge in [-0.3, -0.25) is 4.79 Å². The van der Waals surface area contributed by atoms with Crippen LogP contribution in [0.15, 0.2) is 35.7 Å². The first kappa shape index (κ1) is 17.8. The number of aryl methyl sites for hydroxylation is 1. The molecule has 2 heterocycles. The minimum absolute atomic E-state index is 0.141. The van der Waals surface area contributed by atoms with Gasteiger partial charge in [0.05, 0.1) is 11.9 Å². The van der Waals surface area contributed by atoms with Crippen molar-refractivity contribution in [1.82, 2.24) is 20.1 Å². The lowest BCUT2D eigenvalue weighted by atomic mass is 10.1. The van der Waals surface area contributed by atoms with Gasteiger partial charge in [0.15, 0.2) is 6.54 Å². The monoisotopic (exact) mass is 372 g/mol. The summed E-state index contributed by atoms with van der Waals surface area (Å²) in [7, 11) is 0. The van der Waals surface area contributed by atoms with Crippen molar-refractivity contribution in [1.29, 1.82) is 0 Å². The second-order valence-corrected chi connectivity index (χ2v) is 6.08. The maximum Gasteiger partial charge on any atom is 0.322 e. The van der Waals surface area contributed by atoms with E-state index in [1.165, 1.54) is 21.7 Å². The van der Waals surface area contributed by atoms with Crippen LogP contribution in [0, 0.1) is 6.92 Å². The minimum Gasteiger partial charge on any atom is -0.867 e. The molecule has 0 aliphatic heterocycles. The molecule has 0 fully saturated rings. The standard InChI is InChI=1S/C17H17ClN6O2/c1-3-14-11(2)22-24-10-20-23(17(24)16(14)26)9-15(25)21-19-8-12-4-6-13(18)7-5-12/h4-8,10H,3,9H2,1-2H3,(H-,21,22,25,26)/b19-8+. The third-order valence-corrected chi connectivity index (χ3v) is 4.11. The van der Waals surface area contributed by atoms with E-state index in [4.69, 9.17) is 11.6 Å². The number of nitrogens with one attached hydrogen (secondary N) is 1. The number of benzene rings is 1. The van der Waals surface area contributed by atoms with E-state index in [1.807, 2.05) is 6.92 Å². The largest absolute Gasteiger partial charge is 0.867 e. The molecule has 0 saturated carbocycles. The van der Waals surface area contributed by atoms with E-state index in [0.717, 1.165) is 5.56 Å². The Morgan fingerprint density at radius 1 is 1.42 bits per heavy atom. The molecule has 2 aromatic heterocycles.